The summed E-state index contributed by atoms with van der Waals surface area (Å²) >= 11 is 0. The Morgan fingerprint density at radius 3 is 2.60 bits per heavy atom. The first-order valence-corrected chi connectivity index (χ1v) is 6.59. The average Bonchev–Trinajstić information content (AvgIpc) is 2.70. The van der Waals surface area contributed by atoms with Crippen LogP contribution in [0.4, 0.5) is 0 Å². The first-order valence-electron chi connectivity index (χ1n) is 6.59. The molecule has 0 aromatic heterocycles. The van der Waals surface area contributed by atoms with Gasteiger partial charge in [0.1, 0.15) is 0 Å². The molecular weight excluding hydrogens is 186 g/mol. The van der Waals surface area contributed by atoms with Gasteiger partial charge in [-0.15, -0.1) is 0 Å². The lowest BCUT2D eigenvalue weighted by Crippen LogP contribution is -2.30. The quantitative estimate of drug-likeness (QED) is 0.774. The third-order valence-corrected chi connectivity index (χ3v) is 4.32. The minimum atomic E-state index is 0.000308. The molecule has 15 heavy (non-hydrogen) atoms. The van der Waals surface area contributed by atoms with E-state index in [9.17, 15) is 5.11 Å². The molecule has 4 atom stereocenters. The van der Waals surface area contributed by atoms with Crippen LogP contribution in [0.3, 0.4) is 0 Å². The zero-order valence-electron chi connectivity index (χ0n) is 10.2. The summed E-state index contributed by atoms with van der Waals surface area (Å²) in [6.07, 6.45) is 6.08. The monoisotopic (exact) mass is 211 g/mol. The highest BCUT2D eigenvalue weighted by atomic mass is 16.3. The minimum absolute atomic E-state index is 0.000308. The van der Waals surface area contributed by atoms with Crippen molar-refractivity contribution in [2.24, 2.45) is 11.8 Å². The van der Waals surface area contributed by atoms with E-state index < -0.39 is 0 Å². The van der Waals surface area contributed by atoms with Gasteiger partial charge in [-0.1, -0.05) is 13.3 Å². The normalized spacial score (nSPS) is 42.6. The summed E-state index contributed by atoms with van der Waals surface area (Å²) in [6.45, 7) is 7.16. The number of likely N-dealkylation sites (tertiary alicyclic amines) is 1. The van der Waals surface area contributed by atoms with Gasteiger partial charge in [0.15, 0.2) is 0 Å². The van der Waals surface area contributed by atoms with E-state index in [0.717, 1.165) is 18.4 Å². The van der Waals surface area contributed by atoms with Gasteiger partial charge in [0, 0.05) is 12.6 Å². The molecular formula is C13H25NO. The molecule has 2 aliphatic rings. The number of nitrogens with zero attached hydrogens (tertiary/aromatic N) is 1. The third kappa shape index (κ3) is 2.73. The van der Waals surface area contributed by atoms with Gasteiger partial charge in [0.2, 0.25) is 0 Å². The predicted molar refractivity (Wildman–Crippen MR) is 62.8 cm³/mol. The molecule has 2 fully saturated rings. The Kier molecular flexibility index (Phi) is 3.68. The fourth-order valence-corrected chi connectivity index (χ4v) is 3.38. The molecule has 1 heterocycles. The predicted octanol–water partition coefficient (Wildman–Crippen LogP) is 2.27. The fraction of sp³-hybridized carbons (Fsp3) is 1.00. The summed E-state index contributed by atoms with van der Waals surface area (Å²) in [7, 11) is 0. The fourth-order valence-electron chi connectivity index (χ4n) is 3.38. The highest BCUT2D eigenvalue weighted by molar-refractivity contribution is 4.83. The summed E-state index contributed by atoms with van der Waals surface area (Å²) in [5, 5.41) is 9.76. The SMILES string of the molecule is CC1CC(C)N(CCC2CCCC2O)C1. The molecule has 1 aliphatic carbocycles. The van der Waals surface area contributed by atoms with Crippen molar-refractivity contribution in [3.8, 4) is 0 Å². The van der Waals surface area contributed by atoms with Crippen LogP contribution in [0, 0.1) is 11.8 Å². The molecule has 0 spiro atoms. The number of hydrogen-bond acceptors (Lipinski definition) is 2. The van der Waals surface area contributed by atoms with E-state index in [4.69, 9.17) is 0 Å². The van der Waals surface area contributed by atoms with E-state index in [0.29, 0.717) is 5.92 Å². The molecule has 0 amide bonds. The van der Waals surface area contributed by atoms with Gasteiger partial charge >= 0.3 is 0 Å². The Labute approximate surface area is 93.7 Å². The molecule has 2 heteroatoms. The zero-order chi connectivity index (χ0) is 10.8. The lowest BCUT2D eigenvalue weighted by Gasteiger charge is -2.23. The van der Waals surface area contributed by atoms with Gasteiger partial charge in [-0.3, -0.25) is 0 Å². The lowest BCUT2D eigenvalue weighted by molar-refractivity contribution is 0.117. The van der Waals surface area contributed by atoms with Crippen LogP contribution < -0.4 is 0 Å². The molecule has 1 saturated heterocycles. The van der Waals surface area contributed by atoms with Crippen molar-refractivity contribution in [2.75, 3.05) is 13.1 Å². The second-order valence-electron chi connectivity index (χ2n) is 5.73. The molecule has 1 N–H and O–H groups in total. The smallest absolute Gasteiger partial charge is 0.0568 e. The molecule has 1 aliphatic heterocycles. The summed E-state index contributed by atoms with van der Waals surface area (Å²) < 4.78 is 0. The van der Waals surface area contributed by atoms with Gasteiger partial charge in [-0.2, -0.15) is 0 Å². The van der Waals surface area contributed by atoms with Gasteiger partial charge in [-0.25, -0.2) is 0 Å². The average molecular weight is 211 g/mol. The molecule has 2 nitrogen and oxygen atoms in total. The van der Waals surface area contributed by atoms with Gasteiger partial charge in [0.05, 0.1) is 6.10 Å². The van der Waals surface area contributed by atoms with Crippen LogP contribution in [0.15, 0.2) is 0 Å². The van der Waals surface area contributed by atoms with Crippen LogP contribution in [0.2, 0.25) is 0 Å². The Hall–Kier alpha value is -0.0800. The van der Waals surface area contributed by atoms with Crippen molar-refractivity contribution in [3.05, 3.63) is 0 Å². The van der Waals surface area contributed by atoms with Gasteiger partial charge in [-0.05, 0) is 51.0 Å². The van der Waals surface area contributed by atoms with E-state index in [1.54, 1.807) is 0 Å². The Balaban J connectivity index is 1.73. The standard InChI is InChI=1S/C13H25NO/c1-10-8-11(2)14(9-10)7-6-12-4-3-5-13(12)15/h10-13,15H,3-9H2,1-2H3. The maximum Gasteiger partial charge on any atom is 0.0568 e. The number of aliphatic hydroxyl groups excluding tert-OH is 1. The van der Waals surface area contributed by atoms with Crippen molar-refractivity contribution in [3.63, 3.8) is 0 Å². The molecule has 0 bridgehead atoms. The van der Waals surface area contributed by atoms with Crippen LogP contribution in [-0.2, 0) is 0 Å². The Bertz CT molecular complexity index is 207. The number of hydrogen-bond donors (Lipinski definition) is 1. The molecule has 1 saturated carbocycles. The van der Waals surface area contributed by atoms with Gasteiger partial charge in [0.25, 0.3) is 0 Å². The third-order valence-electron chi connectivity index (χ3n) is 4.32. The summed E-state index contributed by atoms with van der Waals surface area (Å²) in [5.41, 5.74) is 0. The second kappa shape index (κ2) is 4.84. The van der Waals surface area contributed by atoms with E-state index in [2.05, 4.69) is 18.7 Å². The Morgan fingerprint density at radius 1 is 1.27 bits per heavy atom. The van der Waals surface area contributed by atoms with Crippen LogP contribution in [0.1, 0.15) is 46.0 Å². The highest BCUT2D eigenvalue weighted by Crippen LogP contribution is 2.30. The van der Waals surface area contributed by atoms with E-state index in [-0.39, 0.29) is 6.10 Å². The van der Waals surface area contributed by atoms with Crippen molar-refractivity contribution < 1.29 is 5.11 Å². The van der Waals surface area contributed by atoms with Crippen molar-refractivity contribution >= 4 is 0 Å². The lowest BCUT2D eigenvalue weighted by atomic mass is 10.0. The summed E-state index contributed by atoms with van der Waals surface area (Å²) in [4.78, 5) is 2.61. The molecule has 0 radical (unpaired) electrons. The largest absolute Gasteiger partial charge is 0.393 e. The van der Waals surface area contributed by atoms with Gasteiger partial charge < -0.3 is 10.0 Å². The molecule has 2 rings (SSSR count). The molecule has 0 aromatic rings. The van der Waals surface area contributed by atoms with Crippen molar-refractivity contribution in [2.45, 2.75) is 58.1 Å². The molecule has 4 unspecified atom stereocenters. The molecule has 88 valence electrons. The van der Waals surface area contributed by atoms with Crippen LogP contribution in [-0.4, -0.2) is 35.2 Å². The van der Waals surface area contributed by atoms with Crippen molar-refractivity contribution in [1.82, 2.24) is 4.90 Å². The number of aliphatic hydroxyl groups is 1. The molecule has 0 aromatic carbocycles. The van der Waals surface area contributed by atoms with Crippen LogP contribution in [0.25, 0.3) is 0 Å². The zero-order valence-corrected chi connectivity index (χ0v) is 10.2. The first kappa shape index (κ1) is 11.4. The highest BCUT2D eigenvalue weighted by Gasteiger charge is 2.29. The van der Waals surface area contributed by atoms with Crippen molar-refractivity contribution in [1.29, 1.82) is 0 Å². The Morgan fingerprint density at radius 2 is 2.07 bits per heavy atom. The second-order valence-corrected chi connectivity index (χ2v) is 5.73. The minimum Gasteiger partial charge on any atom is -0.393 e. The van der Waals surface area contributed by atoms with E-state index in [1.807, 2.05) is 0 Å². The first-order chi connectivity index (χ1) is 7.16. The summed E-state index contributed by atoms with van der Waals surface area (Å²) in [6, 6.07) is 0.763. The topological polar surface area (TPSA) is 23.5 Å². The van der Waals surface area contributed by atoms with E-state index in [1.165, 1.54) is 38.8 Å². The number of rotatable bonds is 3. The van der Waals surface area contributed by atoms with Crippen LogP contribution >= 0.6 is 0 Å². The maximum absolute atomic E-state index is 9.76. The van der Waals surface area contributed by atoms with Crippen LogP contribution in [0.5, 0.6) is 0 Å². The van der Waals surface area contributed by atoms with E-state index >= 15 is 0 Å². The maximum atomic E-state index is 9.76. The summed E-state index contributed by atoms with van der Waals surface area (Å²) in [5.74, 6) is 1.46.